The van der Waals surface area contributed by atoms with Crippen LogP contribution in [0.3, 0.4) is 0 Å². The van der Waals surface area contributed by atoms with Gasteiger partial charge in [-0.1, -0.05) is 6.42 Å². The molecule has 5 nitrogen and oxygen atoms in total. The SMILES string of the molecule is O=C(CN1CCOCC1)OC[C@H]1CCCN2CCCC[C@H]12. The first-order valence-electron chi connectivity index (χ1n) is 8.53. The van der Waals surface area contributed by atoms with Crippen LogP contribution in [-0.2, 0) is 14.3 Å². The van der Waals surface area contributed by atoms with Gasteiger partial charge in [-0.25, -0.2) is 0 Å². The number of hydrogen-bond acceptors (Lipinski definition) is 5. The van der Waals surface area contributed by atoms with Crippen LogP contribution in [-0.4, -0.2) is 74.4 Å². The van der Waals surface area contributed by atoms with Gasteiger partial charge < -0.3 is 9.47 Å². The molecule has 0 N–H and O–H groups in total. The van der Waals surface area contributed by atoms with E-state index in [0.717, 1.165) is 26.3 Å². The lowest BCUT2D eigenvalue weighted by Gasteiger charge is -2.44. The fraction of sp³-hybridized carbons (Fsp3) is 0.938. The molecule has 0 aromatic rings. The van der Waals surface area contributed by atoms with Crippen molar-refractivity contribution in [2.24, 2.45) is 5.92 Å². The average Bonchev–Trinajstić information content (AvgIpc) is 2.54. The van der Waals surface area contributed by atoms with E-state index in [1.165, 1.54) is 45.2 Å². The smallest absolute Gasteiger partial charge is 0.320 e. The van der Waals surface area contributed by atoms with Gasteiger partial charge in [-0.05, 0) is 38.8 Å². The molecule has 3 fully saturated rings. The predicted molar refractivity (Wildman–Crippen MR) is 80.2 cm³/mol. The molecular formula is C16H28N2O3. The molecule has 3 saturated heterocycles. The molecule has 0 spiro atoms. The zero-order chi connectivity index (χ0) is 14.5. The number of ether oxygens (including phenoxy) is 2. The van der Waals surface area contributed by atoms with Crippen LogP contribution in [0, 0.1) is 5.92 Å². The minimum absolute atomic E-state index is 0.0650. The summed E-state index contributed by atoms with van der Waals surface area (Å²) >= 11 is 0. The van der Waals surface area contributed by atoms with Crippen LogP contribution < -0.4 is 0 Å². The molecule has 3 aliphatic rings. The van der Waals surface area contributed by atoms with Gasteiger partial charge in [0.1, 0.15) is 0 Å². The lowest BCUT2D eigenvalue weighted by molar-refractivity contribution is -0.148. The maximum absolute atomic E-state index is 12.0. The average molecular weight is 296 g/mol. The van der Waals surface area contributed by atoms with Crippen LogP contribution in [0.2, 0.25) is 0 Å². The van der Waals surface area contributed by atoms with Gasteiger partial charge in [0.15, 0.2) is 0 Å². The molecule has 120 valence electrons. The van der Waals surface area contributed by atoms with Crippen molar-refractivity contribution in [3.05, 3.63) is 0 Å². The summed E-state index contributed by atoms with van der Waals surface area (Å²) in [7, 11) is 0. The number of piperidine rings is 2. The van der Waals surface area contributed by atoms with E-state index in [4.69, 9.17) is 9.47 Å². The van der Waals surface area contributed by atoms with Crippen LogP contribution in [0.5, 0.6) is 0 Å². The summed E-state index contributed by atoms with van der Waals surface area (Å²) in [6, 6.07) is 0.656. The molecule has 0 amide bonds. The lowest BCUT2D eigenvalue weighted by Crippen LogP contribution is -2.49. The van der Waals surface area contributed by atoms with Gasteiger partial charge in [0, 0.05) is 25.0 Å². The molecule has 21 heavy (non-hydrogen) atoms. The number of carbonyl (C=O) groups is 1. The summed E-state index contributed by atoms with van der Waals surface area (Å²) in [4.78, 5) is 16.7. The maximum Gasteiger partial charge on any atom is 0.320 e. The van der Waals surface area contributed by atoms with Crippen LogP contribution >= 0.6 is 0 Å². The summed E-state index contributed by atoms with van der Waals surface area (Å²) in [6.07, 6.45) is 6.42. The highest BCUT2D eigenvalue weighted by Crippen LogP contribution is 2.30. The molecule has 2 atom stereocenters. The summed E-state index contributed by atoms with van der Waals surface area (Å²) in [5.41, 5.74) is 0. The lowest BCUT2D eigenvalue weighted by atomic mass is 9.84. The first kappa shape index (κ1) is 15.3. The van der Waals surface area contributed by atoms with E-state index >= 15 is 0 Å². The van der Waals surface area contributed by atoms with Crippen molar-refractivity contribution in [2.75, 3.05) is 52.5 Å². The van der Waals surface area contributed by atoms with Crippen LogP contribution in [0.15, 0.2) is 0 Å². The zero-order valence-corrected chi connectivity index (χ0v) is 13.0. The minimum Gasteiger partial charge on any atom is -0.464 e. The number of esters is 1. The van der Waals surface area contributed by atoms with E-state index in [2.05, 4.69) is 9.80 Å². The van der Waals surface area contributed by atoms with Gasteiger partial charge in [-0.3, -0.25) is 14.6 Å². The topological polar surface area (TPSA) is 42.0 Å². The third-order valence-corrected chi connectivity index (χ3v) is 5.14. The number of hydrogen-bond donors (Lipinski definition) is 0. The van der Waals surface area contributed by atoms with E-state index in [-0.39, 0.29) is 5.97 Å². The highest BCUT2D eigenvalue weighted by Gasteiger charge is 2.33. The van der Waals surface area contributed by atoms with Crippen molar-refractivity contribution in [2.45, 2.75) is 38.1 Å². The molecule has 5 heteroatoms. The summed E-state index contributed by atoms with van der Waals surface area (Å²) in [6.45, 7) is 6.66. The van der Waals surface area contributed by atoms with E-state index in [1.54, 1.807) is 0 Å². The summed E-state index contributed by atoms with van der Waals surface area (Å²) in [5, 5.41) is 0. The van der Waals surface area contributed by atoms with Gasteiger partial charge in [-0.15, -0.1) is 0 Å². The van der Waals surface area contributed by atoms with Gasteiger partial charge in [0.2, 0.25) is 0 Å². The van der Waals surface area contributed by atoms with E-state index in [9.17, 15) is 4.79 Å². The summed E-state index contributed by atoms with van der Waals surface area (Å²) < 4.78 is 10.9. The van der Waals surface area contributed by atoms with Crippen molar-refractivity contribution in [3.63, 3.8) is 0 Å². The number of fused-ring (bicyclic) bond motifs is 1. The Kier molecular flexibility index (Phi) is 5.49. The van der Waals surface area contributed by atoms with Crippen molar-refractivity contribution < 1.29 is 14.3 Å². The van der Waals surface area contributed by atoms with Crippen LogP contribution in [0.25, 0.3) is 0 Å². The Labute approximate surface area is 127 Å². The first-order chi connectivity index (χ1) is 10.3. The van der Waals surface area contributed by atoms with Crippen LogP contribution in [0.4, 0.5) is 0 Å². The zero-order valence-electron chi connectivity index (χ0n) is 13.0. The quantitative estimate of drug-likeness (QED) is 0.728. The van der Waals surface area contributed by atoms with Crippen LogP contribution in [0.1, 0.15) is 32.1 Å². The van der Waals surface area contributed by atoms with Gasteiger partial charge in [0.05, 0.1) is 26.4 Å². The Morgan fingerprint density at radius 3 is 2.71 bits per heavy atom. The monoisotopic (exact) mass is 296 g/mol. The third-order valence-electron chi connectivity index (χ3n) is 5.14. The molecule has 3 heterocycles. The number of morpholine rings is 1. The van der Waals surface area contributed by atoms with E-state index in [0.29, 0.717) is 25.1 Å². The second kappa shape index (κ2) is 7.56. The standard InChI is InChI=1S/C16H28N2O3/c19-16(12-17-8-10-20-11-9-17)21-13-14-4-3-7-18-6-2-1-5-15(14)18/h14-15H,1-13H2/t14-,15-/m1/s1. The number of nitrogens with zero attached hydrogens (tertiary/aromatic N) is 2. The number of rotatable bonds is 4. The van der Waals surface area contributed by atoms with Crippen molar-refractivity contribution in [1.29, 1.82) is 0 Å². The normalized spacial score (nSPS) is 31.6. The Hall–Kier alpha value is -0.650. The van der Waals surface area contributed by atoms with Gasteiger partial charge in [-0.2, -0.15) is 0 Å². The molecule has 0 aliphatic carbocycles. The molecule has 0 aromatic carbocycles. The molecule has 0 saturated carbocycles. The molecule has 0 aromatic heterocycles. The van der Waals surface area contributed by atoms with Crippen molar-refractivity contribution in [1.82, 2.24) is 9.80 Å². The molecule has 0 bridgehead atoms. The Morgan fingerprint density at radius 2 is 1.86 bits per heavy atom. The largest absolute Gasteiger partial charge is 0.464 e. The molecular weight excluding hydrogens is 268 g/mol. The van der Waals surface area contributed by atoms with E-state index < -0.39 is 0 Å². The Balaban J connectivity index is 1.42. The second-order valence-electron chi connectivity index (χ2n) is 6.57. The second-order valence-corrected chi connectivity index (χ2v) is 6.57. The fourth-order valence-electron chi connectivity index (χ4n) is 3.96. The maximum atomic E-state index is 12.0. The fourth-order valence-corrected chi connectivity index (χ4v) is 3.96. The Morgan fingerprint density at radius 1 is 1.05 bits per heavy atom. The van der Waals surface area contributed by atoms with Crippen molar-refractivity contribution >= 4 is 5.97 Å². The highest BCUT2D eigenvalue weighted by molar-refractivity contribution is 5.71. The third kappa shape index (κ3) is 4.18. The summed E-state index contributed by atoms with van der Waals surface area (Å²) in [5.74, 6) is 0.484. The Bertz CT molecular complexity index is 342. The van der Waals surface area contributed by atoms with E-state index in [1.807, 2.05) is 0 Å². The number of carbonyl (C=O) groups excluding carboxylic acids is 1. The molecule has 3 rings (SSSR count). The molecule has 3 aliphatic heterocycles. The van der Waals surface area contributed by atoms with Gasteiger partial charge in [0.25, 0.3) is 0 Å². The molecule has 0 radical (unpaired) electrons. The van der Waals surface area contributed by atoms with Crippen molar-refractivity contribution in [3.8, 4) is 0 Å². The first-order valence-corrected chi connectivity index (χ1v) is 8.53. The van der Waals surface area contributed by atoms with Gasteiger partial charge >= 0.3 is 5.97 Å². The minimum atomic E-state index is -0.0650. The molecule has 0 unspecified atom stereocenters. The highest BCUT2D eigenvalue weighted by atomic mass is 16.5. The predicted octanol–water partition coefficient (Wildman–Crippen LogP) is 1.13.